The Morgan fingerprint density at radius 1 is 1.03 bits per heavy atom. The van der Waals surface area contributed by atoms with Crippen LogP contribution in [0.25, 0.3) is 0 Å². The molecule has 0 aromatic carbocycles. The van der Waals surface area contributed by atoms with Crippen molar-refractivity contribution in [1.82, 2.24) is 14.8 Å². The van der Waals surface area contributed by atoms with E-state index in [0.29, 0.717) is 42.3 Å². The summed E-state index contributed by atoms with van der Waals surface area (Å²) in [6.07, 6.45) is 9.15. The van der Waals surface area contributed by atoms with Crippen LogP contribution in [0.4, 0.5) is 5.00 Å². The average molecular weight is 439 g/mol. The van der Waals surface area contributed by atoms with Gasteiger partial charge in [0.05, 0.1) is 11.1 Å². The van der Waals surface area contributed by atoms with Crippen LogP contribution in [0.3, 0.4) is 0 Å². The van der Waals surface area contributed by atoms with Gasteiger partial charge in [0.2, 0.25) is 5.91 Å². The van der Waals surface area contributed by atoms with Crippen molar-refractivity contribution in [2.45, 2.75) is 38.5 Å². The van der Waals surface area contributed by atoms with Gasteiger partial charge in [-0.25, -0.2) is 0 Å². The number of piperazine rings is 1. The number of aromatic nitrogens is 1. The maximum absolute atomic E-state index is 13.6. The van der Waals surface area contributed by atoms with Gasteiger partial charge in [-0.3, -0.25) is 19.4 Å². The zero-order valence-electron chi connectivity index (χ0n) is 17.4. The van der Waals surface area contributed by atoms with Crippen LogP contribution >= 0.6 is 11.3 Å². The van der Waals surface area contributed by atoms with E-state index in [4.69, 9.17) is 0 Å². The molecular weight excluding hydrogens is 412 g/mol. The van der Waals surface area contributed by atoms with Crippen molar-refractivity contribution >= 4 is 34.1 Å². The van der Waals surface area contributed by atoms with Gasteiger partial charge in [-0.05, 0) is 56.2 Å². The van der Waals surface area contributed by atoms with Crippen LogP contribution in [0, 0.1) is 5.92 Å². The first-order chi connectivity index (χ1) is 15.1. The zero-order chi connectivity index (χ0) is 21.4. The highest BCUT2D eigenvalue weighted by Crippen LogP contribution is 2.39. The molecule has 2 aromatic rings. The lowest BCUT2D eigenvalue weighted by Crippen LogP contribution is -2.51. The largest absolute Gasteiger partial charge is 0.339 e. The molecule has 3 aliphatic rings. The summed E-state index contributed by atoms with van der Waals surface area (Å²) in [5.41, 5.74) is 2.22. The monoisotopic (exact) mass is 438 g/mol. The number of nitrogens with zero attached hydrogens (tertiary/aromatic N) is 3. The molecule has 3 amide bonds. The minimum atomic E-state index is -0.249. The molecule has 1 saturated carbocycles. The number of carbonyl (C=O) groups excluding carboxylic acids is 3. The number of rotatable bonds is 4. The topological polar surface area (TPSA) is 82.6 Å². The third kappa shape index (κ3) is 4.08. The first-order valence-electron chi connectivity index (χ1n) is 11.1. The fraction of sp³-hybridized carbons (Fsp3) is 0.478. The molecule has 2 aliphatic carbocycles. The third-order valence-electron chi connectivity index (χ3n) is 6.34. The molecule has 8 heteroatoms. The summed E-state index contributed by atoms with van der Waals surface area (Å²) in [4.78, 5) is 47.6. The standard InChI is InChI=1S/C23H26N4O3S/c28-20(16-4-3-9-24-14-16)25-21-19(17-5-1-2-6-18(17)31-21)23(30)27-12-10-26(11-13-27)22(29)15-7-8-15/h3-4,9,14-15H,1-2,5-8,10-13H2,(H,25,28). The van der Waals surface area contributed by atoms with E-state index in [1.807, 2.05) is 9.80 Å². The predicted octanol–water partition coefficient (Wildman–Crippen LogP) is 2.97. The fourth-order valence-electron chi connectivity index (χ4n) is 4.43. The van der Waals surface area contributed by atoms with Gasteiger partial charge in [-0.15, -0.1) is 11.3 Å². The van der Waals surface area contributed by atoms with Crippen molar-refractivity contribution in [2.24, 2.45) is 5.92 Å². The Kier molecular flexibility index (Phi) is 5.48. The third-order valence-corrected chi connectivity index (χ3v) is 7.55. The van der Waals surface area contributed by atoms with Gasteiger partial charge in [0.15, 0.2) is 0 Å². The summed E-state index contributed by atoms with van der Waals surface area (Å²) < 4.78 is 0. The Bertz CT molecular complexity index is 1010. The van der Waals surface area contributed by atoms with Gasteiger partial charge in [0, 0.05) is 49.4 Å². The normalized spacial score (nSPS) is 18.5. The van der Waals surface area contributed by atoms with Crippen LogP contribution in [-0.2, 0) is 17.6 Å². The molecule has 0 unspecified atom stereocenters. The molecule has 3 heterocycles. The minimum absolute atomic E-state index is 0.0283. The van der Waals surface area contributed by atoms with E-state index < -0.39 is 0 Å². The maximum Gasteiger partial charge on any atom is 0.257 e. The van der Waals surface area contributed by atoms with Gasteiger partial charge in [-0.2, -0.15) is 0 Å². The van der Waals surface area contributed by atoms with Crippen molar-refractivity contribution in [3.63, 3.8) is 0 Å². The number of amides is 3. The van der Waals surface area contributed by atoms with E-state index in [2.05, 4.69) is 10.3 Å². The number of pyridine rings is 1. The Hall–Kier alpha value is -2.74. The van der Waals surface area contributed by atoms with E-state index in [1.165, 1.54) is 22.4 Å². The molecule has 0 radical (unpaired) electrons. The molecule has 2 fully saturated rings. The fourth-order valence-corrected chi connectivity index (χ4v) is 5.71. The van der Waals surface area contributed by atoms with Gasteiger partial charge in [0.25, 0.3) is 11.8 Å². The molecule has 5 rings (SSSR count). The van der Waals surface area contributed by atoms with E-state index in [9.17, 15) is 14.4 Å². The van der Waals surface area contributed by atoms with E-state index >= 15 is 0 Å². The second-order valence-electron chi connectivity index (χ2n) is 8.50. The van der Waals surface area contributed by atoms with Crippen LogP contribution in [0.1, 0.15) is 56.8 Å². The first kappa shape index (κ1) is 20.2. The quantitative estimate of drug-likeness (QED) is 0.796. The second-order valence-corrected chi connectivity index (χ2v) is 9.61. The molecule has 7 nitrogen and oxygen atoms in total. The van der Waals surface area contributed by atoms with Crippen molar-refractivity contribution in [3.8, 4) is 0 Å². The molecular formula is C23H26N4O3S. The number of hydrogen-bond acceptors (Lipinski definition) is 5. The molecule has 1 N–H and O–H groups in total. The van der Waals surface area contributed by atoms with Crippen LogP contribution < -0.4 is 5.32 Å². The predicted molar refractivity (Wildman–Crippen MR) is 118 cm³/mol. The summed E-state index contributed by atoms with van der Waals surface area (Å²) in [6, 6.07) is 3.44. The Morgan fingerprint density at radius 3 is 2.48 bits per heavy atom. The van der Waals surface area contributed by atoms with Crippen LogP contribution in [0.15, 0.2) is 24.5 Å². The first-order valence-corrected chi connectivity index (χ1v) is 11.9. The van der Waals surface area contributed by atoms with Gasteiger partial charge >= 0.3 is 0 Å². The number of anilines is 1. The molecule has 31 heavy (non-hydrogen) atoms. The highest BCUT2D eigenvalue weighted by molar-refractivity contribution is 7.17. The molecule has 0 atom stereocenters. The van der Waals surface area contributed by atoms with Crippen molar-refractivity contribution in [3.05, 3.63) is 46.1 Å². The molecule has 0 bridgehead atoms. The van der Waals surface area contributed by atoms with Crippen LogP contribution in [0.5, 0.6) is 0 Å². The van der Waals surface area contributed by atoms with Gasteiger partial charge in [0.1, 0.15) is 5.00 Å². The summed E-state index contributed by atoms with van der Waals surface area (Å²) in [5, 5.41) is 3.62. The molecule has 2 aromatic heterocycles. The lowest BCUT2D eigenvalue weighted by atomic mass is 9.95. The van der Waals surface area contributed by atoms with E-state index in [-0.39, 0.29) is 23.6 Å². The zero-order valence-corrected chi connectivity index (χ0v) is 18.2. The van der Waals surface area contributed by atoms with E-state index in [0.717, 1.165) is 44.1 Å². The van der Waals surface area contributed by atoms with Crippen molar-refractivity contribution in [1.29, 1.82) is 0 Å². The Balaban J connectivity index is 1.36. The van der Waals surface area contributed by atoms with Crippen LogP contribution in [0.2, 0.25) is 0 Å². The maximum atomic E-state index is 13.6. The number of carbonyl (C=O) groups is 3. The SMILES string of the molecule is O=C(Nc1sc2c(c1C(=O)N1CCN(C(=O)C3CC3)CC1)CCCC2)c1cccnc1. The second kappa shape index (κ2) is 8.42. The number of thiophene rings is 1. The van der Waals surface area contributed by atoms with Crippen LogP contribution in [-0.4, -0.2) is 58.7 Å². The lowest BCUT2D eigenvalue weighted by molar-refractivity contribution is -0.134. The number of hydrogen-bond donors (Lipinski definition) is 1. The van der Waals surface area contributed by atoms with Crippen molar-refractivity contribution < 1.29 is 14.4 Å². The number of aryl methyl sites for hydroxylation is 1. The average Bonchev–Trinajstić information content (AvgIpc) is 3.60. The van der Waals surface area contributed by atoms with Gasteiger partial charge < -0.3 is 15.1 Å². The Morgan fingerprint density at radius 2 is 1.77 bits per heavy atom. The smallest absolute Gasteiger partial charge is 0.257 e. The molecule has 1 aliphatic heterocycles. The summed E-state index contributed by atoms with van der Waals surface area (Å²) in [7, 11) is 0. The lowest BCUT2D eigenvalue weighted by Gasteiger charge is -2.35. The summed E-state index contributed by atoms with van der Waals surface area (Å²) in [6.45, 7) is 2.26. The van der Waals surface area contributed by atoms with Crippen molar-refractivity contribution in [2.75, 3.05) is 31.5 Å². The van der Waals surface area contributed by atoms with E-state index in [1.54, 1.807) is 18.3 Å². The molecule has 0 spiro atoms. The highest BCUT2D eigenvalue weighted by atomic mass is 32.1. The van der Waals surface area contributed by atoms with Gasteiger partial charge in [-0.1, -0.05) is 0 Å². The number of fused-ring (bicyclic) bond motifs is 1. The minimum Gasteiger partial charge on any atom is -0.339 e. The molecule has 162 valence electrons. The summed E-state index contributed by atoms with van der Waals surface area (Å²) >= 11 is 1.53. The number of nitrogens with one attached hydrogen (secondary N) is 1. The highest BCUT2D eigenvalue weighted by Gasteiger charge is 2.36. The summed E-state index contributed by atoms with van der Waals surface area (Å²) in [5.74, 6) is 0.171. The molecule has 1 saturated heterocycles. The Labute approximate surface area is 185 Å².